The first-order valence-electron chi connectivity index (χ1n) is 4.88. The van der Waals surface area contributed by atoms with Gasteiger partial charge in [0, 0.05) is 25.0 Å². The maximum atomic E-state index is 11.9. The number of carbonyl (C=O) groups excluding carboxylic acids is 1. The molecule has 0 aliphatic carbocycles. The summed E-state index contributed by atoms with van der Waals surface area (Å²) in [7, 11) is 0. The predicted molar refractivity (Wildman–Crippen MR) is 63.2 cm³/mol. The third-order valence-corrected chi connectivity index (χ3v) is 2.82. The van der Waals surface area contributed by atoms with Crippen LogP contribution in [-0.4, -0.2) is 40.6 Å². The minimum Gasteiger partial charge on any atom is -0.395 e. The monoisotopic (exact) mass is 241 g/mol. The minimum atomic E-state index is -0.204. The molecule has 0 atom stereocenters. The molecule has 0 radical (unpaired) electrons. The van der Waals surface area contributed by atoms with Crippen molar-refractivity contribution in [2.24, 2.45) is 5.73 Å². The summed E-state index contributed by atoms with van der Waals surface area (Å²) in [4.78, 5) is 17.5. The lowest BCUT2D eigenvalue weighted by molar-refractivity contribution is 0.0737. The lowest BCUT2D eigenvalue weighted by atomic mass is 10.3. The number of carbonyl (C=O) groups is 1. The lowest BCUT2D eigenvalue weighted by Crippen LogP contribution is -2.33. The molecule has 0 aromatic carbocycles. The zero-order chi connectivity index (χ0) is 12.0. The van der Waals surface area contributed by atoms with Gasteiger partial charge in [-0.25, -0.2) is 4.98 Å². The maximum absolute atomic E-state index is 11.9. The van der Waals surface area contributed by atoms with Gasteiger partial charge in [0.2, 0.25) is 0 Å². The Balaban J connectivity index is 2.76. The van der Waals surface area contributed by atoms with Gasteiger partial charge in [-0.05, 0) is 0 Å². The van der Waals surface area contributed by atoms with Gasteiger partial charge in [-0.1, -0.05) is 6.08 Å². The fraction of sp³-hybridized carbons (Fsp3) is 0.400. The number of aromatic nitrogens is 1. The Labute approximate surface area is 98.2 Å². The molecular formula is C10H15N3O2S. The number of hydrogen-bond donors (Lipinski definition) is 2. The van der Waals surface area contributed by atoms with E-state index in [4.69, 9.17) is 10.8 Å². The van der Waals surface area contributed by atoms with Crippen molar-refractivity contribution in [3.05, 3.63) is 28.7 Å². The molecule has 16 heavy (non-hydrogen) atoms. The number of amides is 1. The van der Waals surface area contributed by atoms with Crippen LogP contribution in [0.4, 0.5) is 0 Å². The van der Waals surface area contributed by atoms with E-state index in [0.717, 1.165) is 5.01 Å². The third-order valence-electron chi connectivity index (χ3n) is 1.95. The second-order valence-electron chi connectivity index (χ2n) is 3.09. The number of thiazole rings is 1. The maximum Gasteiger partial charge on any atom is 0.273 e. The van der Waals surface area contributed by atoms with Crippen molar-refractivity contribution < 1.29 is 9.90 Å². The first-order chi connectivity index (χ1) is 7.72. The molecule has 0 unspecified atom stereocenters. The molecule has 0 fully saturated rings. The topological polar surface area (TPSA) is 79.5 Å². The highest BCUT2D eigenvalue weighted by atomic mass is 32.1. The van der Waals surface area contributed by atoms with Gasteiger partial charge in [-0.3, -0.25) is 4.79 Å². The molecule has 0 saturated carbocycles. The number of hydrogen-bond acceptors (Lipinski definition) is 5. The number of aliphatic hydroxyl groups is 1. The van der Waals surface area contributed by atoms with Crippen LogP contribution in [0, 0.1) is 0 Å². The van der Waals surface area contributed by atoms with Crippen LogP contribution in [0.3, 0.4) is 0 Å². The Morgan fingerprint density at radius 3 is 3.00 bits per heavy atom. The summed E-state index contributed by atoms with van der Waals surface area (Å²) in [5, 5.41) is 11.3. The van der Waals surface area contributed by atoms with Crippen molar-refractivity contribution in [2.75, 3.05) is 19.7 Å². The van der Waals surface area contributed by atoms with Crippen LogP contribution < -0.4 is 5.73 Å². The standard InChI is InChI=1S/C10H15N3O2S/c1-2-3-13(4-5-14)10(15)8-7-16-9(6-11)12-8/h2,7,14H,1,3-6,11H2. The highest BCUT2D eigenvalue weighted by molar-refractivity contribution is 7.09. The van der Waals surface area contributed by atoms with Crippen molar-refractivity contribution in [3.8, 4) is 0 Å². The summed E-state index contributed by atoms with van der Waals surface area (Å²) in [6.45, 7) is 4.50. The van der Waals surface area contributed by atoms with Crippen LogP contribution in [0.25, 0.3) is 0 Å². The zero-order valence-corrected chi connectivity index (χ0v) is 9.74. The normalized spacial score (nSPS) is 10.1. The van der Waals surface area contributed by atoms with Gasteiger partial charge in [-0.2, -0.15) is 0 Å². The second kappa shape index (κ2) is 6.37. The van der Waals surface area contributed by atoms with Gasteiger partial charge in [-0.15, -0.1) is 17.9 Å². The summed E-state index contributed by atoms with van der Waals surface area (Å²) < 4.78 is 0. The Morgan fingerprint density at radius 1 is 1.75 bits per heavy atom. The molecule has 1 aromatic rings. The third kappa shape index (κ3) is 3.13. The number of aliphatic hydroxyl groups excluding tert-OH is 1. The fourth-order valence-electron chi connectivity index (χ4n) is 1.22. The molecule has 1 aromatic heterocycles. The van der Waals surface area contributed by atoms with E-state index in [-0.39, 0.29) is 19.1 Å². The largest absolute Gasteiger partial charge is 0.395 e. The van der Waals surface area contributed by atoms with Crippen LogP contribution in [0.1, 0.15) is 15.5 Å². The van der Waals surface area contributed by atoms with E-state index in [1.165, 1.54) is 16.2 Å². The zero-order valence-electron chi connectivity index (χ0n) is 8.93. The van der Waals surface area contributed by atoms with Crippen molar-refractivity contribution in [1.82, 2.24) is 9.88 Å². The first-order valence-corrected chi connectivity index (χ1v) is 5.76. The van der Waals surface area contributed by atoms with Crippen LogP contribution in [0.2, 0.25) is 0 Å². The highest BCUT2D eigenvalue weighted by Gasteiger charge is 2.16. The van der Waals surface area contributed by atoms with E-state index in [0.29, 0.717) is 18.8 Å². The minimum absolute atomic E-state index is 0.0759. The Bertz CT molecular complexity index is 365. The molecular weight excluding hydrogens is 226 g/mol. The Hall–Kier alpha value is -1.24. The first kappa shape index (κ1) is 12.8. The molecule has 3 N–H and O–H groups in total. The molecule has 1 rings (SSSR count). The molecule has 6 heteroatoms. The summed E-state index contributed by atoms with van der Waals surface area (Å²) in [5.41, 5.74) is 5.80. The smallest absolute Gasteiger partial charge is 0.273 e. The second-order valence-corrected chi connectivity index (χ2v) is 4.04. The van der Waals surface area contributed by atoms with E-state index in [2.05, 4.69) is 11.6 Å². The molecule has 0 saturated heterocycles. The van der Waals surface area contributed by atoms with Crippen LogP contribution in [0.5, 0.6) is 0 Å². The number of nitrogens with zero attached hydrogens (tertiary/aromatic N) is 2. The molecule has 5 nitrogen and oxygen atoms in total. The van der Waals surface area contributed by atoms with Gasteiger partial charge >= 0.3 is 0 Å². The molecule has 1 amide bonds. The number of nitrogens with two attached hydrogens (primary N) is 1. The van der Waals surface area contributed by atoms with E-state index in [1.807, 2.05) is 0 Å². The van der Waals surface area contributed by atoms with Crippen molar-refractivity contribution in [3.63, 3.8) is 0 Å². The van der Waals surface area contributed by atoms with Crippen molar-refractivity contribution in [2.45, 2.75) is 6.54 Å². The molecule has 0 aliphatic rings. The quantitative estimate of drug-likeness (QED) is 0.698. The highest BCUT2D eigenvalue weighted by Crippen LogP contribution is 2.11. The van der Waals surface area contributed by atoms with Gasteiger partial charge in [0.05, 0.1) is 6.61 Å². The molecule has 0 spiro atoms. The number of rotatable bonds is 6. The van der Waals surface area contributed by atoms with Gasteiger partial charge < -0.3 is 15.7 Å². The molecule has 1 heterocycles. The van der Waals surface area contributed by atoms with Gasteiger partial charge in [0.15, 0.2) is 0 Å². The Kier molecular flexibility index (Phi) is 5.10. The van der Waals surface area contributed by atoms with Crippen LogP contribution >= 0.6 is 11.3 Å². The molecule has 88 valence electrons. The Morgan fingerprint density at radius 2 is 2.50 bits per heavy atom. The van der Waals surface area contributed by atoms with Crippen molar-refractivity contribution >= 4 is 17.2 Å². The van der Waals surface area contributed by atoms with E-state index in [1.54, 1.807) is 11.5 Å². The summed E-state index contributed by atoms with van der Waals surface area (Å²) >= 11 is 1.36. The molecule has 0 aliphatic heterocycles. The molecule has 0 bridgehead atoms. The van der Waals surface area contributed by atoms with E-state index < -0.39 is 0 Å². The summed E-state index contributed by atoms with van der Waals surface area (Å²) in [6.07, 6.45) is 1.61. The summed E-state index contributed by atoms with van der Waals surface area (Å²) in [5.74, 6) is -0.204. The average molecular weight is 241 g/mol. The summed E-state index contributed by atoms with van der Waals surface area (Å²) in [6, 6.07) is 0. The SMILES string of the molecule is C=CCN(CCO)C(=O)c1csc(CN)n1. The van der Waals surface area contributed by atoms with Crippen molar-refractivity contribution in [1.29, 1.82) is 0 Å². The average Bonchev–Trinajstić information content (AvgIpc) is 2.76. The lowest BCUT2D eigenvalue weighted by Gasteiger charge is -2.18. The van der Waals surface area contributed by atoms with Gasteiger partial charge in [0.25, 0.3) is 5.91 Å². The fourth-order valence-corrected chi connectivity index (χ4v) is 1.87. The van der Waals surface area contributed by atoms with E-state index >= 15 is 0 Å². The van der Waals surface area contributed by atoms with Crippen LogP contribution in [-0.2, 0) is 6.54 Å². The van der Waals surface area contributed by atoms with Crippen LogP contribution in [0.15, 0.2) is 18.0 Å². The predicted octanol–water partition coefficient (Wildman–Crippen LogP) is 0.222. The van der Waals surface area contributed by atoms with Gasteiger partial charge in [0.1, 0.15) is 10.7 Å². The van der Waals surface area contributed by atoms with E-state index in [9.17, 15) is 4.79 Å².